The van der Waals surface area contributed by atoms with E-state index in [4.69, 9.17) is 61.8 Å². The Morgan fingerprint density at radius 2 is 0.627 bits per heavy atom. The van der Waals surface area contributed by atoms with Gasteiger partial charge in [0.25, 0.3) is 0 Å². The van der Waals surface area contributed by atoms with Gasteiger partial charge in [0.05, 0.1) is 72.3 Å². The minimum atomic E-state index is -0.770. The van der Waals surface area contributed by atoms with Crippen molar-refractivity contribution in [3.63, 3.8) is 0 Å². The van der Waals surface area contributed by atoms with Crippen molar-refractivity contribution < 1.29 is 115 Å². The summed E-state index contributed by atoms with van der Waals surface area (Å²) < 4.78 is 4.98. The van der Waals surface area contributed by atoms with Gasteiger partial charge in [-0.15, -0.1) is 0 Å². The number of nitrogens with zero attached hydrogens (tertiary/aromatic N) is 10. The highest BCUT2D eigenvalue weighted by Gasteiger charge is 2.33. The molecule has 10 amide bonds. The van der Waals surface area contributed by atoms with E-state index in [9.17, 15) is 76.7 Å². The van der Waals surface area contributed by atoms with Gasteiger partial charge in [0.1, 0.15) is 66.6 Å². The number of nitrogen functional groups attached to an aromatic ring is 1. The molecule has 0 fully saturated rings. The van der Waals surface area contributed by atoms with Crippen molar-refractivity contribution in [1.82, 2.24) is 63.3 Å². The van der Waals surface area contributed by atoms with Crippen LogP contribution in [0.25, 0.3) is 11.4 Å². The van der Waals surface area contributed by atoms with Crippen molar-refractivity contribution in [2.24, 2.45) is 53.3 Å². The number of benzene rings is 5. The summed E-state index contributed by atoms with van der Waals surface area (Å²) >= 11 is 0. The van der Waals surface area contributed by atoms with E-state index in [1.165, 1.54) is 76.2 Å². The van der Waals surface area contributed by atoms with Crippen LogP contribution in [0.15, 0.2) is 162 Å². The normalized spacial score (nSPS) is 16.7. The Bertz CT molecular complexity index is 5850. The molecule has 10 unspecified atom stereocenters. The number of hydrogen-bond acceptors (Lipinski definition) is 35. The molecule has 18 N–H and O–H groups in total. The Morgan fingerprint density at radius 1 is 0.387 bits per heavy atom. The molecule has 0 spiro atoms. The summed E-state index contributed by atoms with van der Waals surface area (Å²) in [5.74, 6) is -3.87. The van der Waals surface area contributed by atoms with Crippen LogP contribution in [-0.4, -0.2) is 249 Å². The molecular weight excluding hydrogens is 1850 g/mol. The average Bonchev–Trinajstić information content (AvgIpc) is 1.70. The van der Waals surface area contributed by atoms with Gasteiger partial charge >= 0.3 is 5.97 Å². The molecule has 1 aromatic heterocycles. The number of aryl methyl sites for hydroxylation is 1. The monoisotopic (exact) mass is 1960 g/mol. The Hall–Kier alpha value is -17.2. The summed E-state index contributed by atoms with van der Waals surface area (Å²) in [6.07, 6.45) is 0.636. The van der Waals surface area contributed by atoms with Gasteiger partial charge in [-0.1, -0.05) is 150 Å². The van der Waals surface area contributed by atoms with Crippen LogP contribution >= 0.6 is 0 Å². The van der Waals surface area contributed by atoms with Gasteiger partial charge in [-0.05, 0) is 74.6 Å². The maximum atomic E-state index is 12.2. The number of aromatic nitrogens is 2. The van der Waals surface area contributed by atoms with Crippen molar-refractivity contribution in [2.45, 2.75) is 208 Å². The van der Waals surface area contributed by atoms with Crippen molar-refractivity contribution >= 4 is 140 Å². The van der Waals surface area contributed by atoms with E-state index in [0.717, 1.165) is 39.1 Å². The molecule has 11 rings (SSSR count). The number of carbonyl (C=O) groups excluding carboxylic acids is 16. The zero-order valence-corrected chi connectivity index (χ0v) is 80.0. The Morgan fingerprint density at radius 3 is 0.845 bits per heavy atom. The Balaban J connectivity index is 0.000000241. The zero-order chi connectivity index (χ0) is 104. The van der Waals surface area contributed by atoms with Gasteiger partial charge in [-0.3, -0.25) is 77.3 Å². The fourth-order valence-electron chi connectivity index (χ4n) is 13.4. The highest BCUT2D eigenvalue weighted by Crippen LogP contribution is 2.27. The third kappa shape index (κ3) is 38.8. The van der Waals surface area contributed by atoms with E-state index in [1.807, 2.05) is 30.3 Å². The van der Waals surface area contributed by atoms with Crippen LogP contribution in [0.5, 0.6) is 0 Å². The van der Waals surface area contributed by atoms with Crippen LogP contribution in [0.4, 0.5) is 0 Å². The molecule has 0 radical (unpaired) electrons. The van der Waals surface area contributed by atoms with E-state index in [-0.39, 0.29) is 170 Å². The smallest absolute Gasteiger partial charge is 0.332 e. The molecule has 0 aliphatic carbocycles. The molecular formula is C94H114N24O24. The second-order valence-corrected chi connectivity index (χ2v) is 32.8. The van der Waals surface area contributed by atoms with Crippen LogP contribution in [-0.2, 0) is 106 Å². The maximum absolute atomic E-state index is 12.2. The summed E-state index contributed by atoms with van der Waals surface area (Å²) in [5.41, 5.74) is 27.5. The standard InChI is InChI=1S/C20H25N5O6.C20H23N5O5.C18H23N5O5.C18H23N5O4.C18H20N4O4/c1-11(26)18(23-12(2)27)10-22-19(29)9-16-8-17(24-31-16)14-4-6-15(7-5-14)20(21)25-30-13(3)28;1-11(26)18(22-12(2)27)10-21-19(28)9-16-8-17(24-30-16)14-4-6-15(7-5-14)20-23-13(3)29-25-20;1-10(24)16(21-11(2)25)9-20-17(26)8-14-7-15(23-28-14)12-3-5-13(6-4-12)18(19)22-27;1-10(24)16(22-11(2)25)9-21-17(26)8-14-7-15(23-27-14)12-3-5-13(6-4-12)18(19)20;1-11(23)17(21-12(2)24)10-20-18(25)8-15-7-16(22-26-15)14-5-3-13(9-19)4-6-14/h4-7,16,18H,8-10H2,1-3H3,(H2,21,25)(H,22,29)(H,23,27);4-7,16,18H,8-10H2,1-3H3,(H,21,28)(H,22,27);3-6,14,16,27H,7-9H2,1-2H3,(H2,19,22)(H,20,26)(H,21,25);3-6,14,16H,7-9H2,1-2H3,(H3,19,20)(H,21,26)(H,22,25);3-6,15,17H,7-8,10H2,1-2H3,(H,20,25)(H,21,24). The first kappa shape index (κ1) is 112. The van der Waals surface area contributed by atoms with Crippen molar-refractivity contribution in [3.8, 4) is 17.5 Å². The highest BCUT2D eigenvalue weighted by atomic mass is 16.7. The summed E-state index contributed by atoms with van der Waals surface area (Å²) in [4.78, 5) is 220. The van der Waals surface area contributed by atoms with Gasteiger partial charge in [-0.25, -0.2) is 4.79 Å². The van der Waals surface area contributed by atoms with Gasteiger partial charge in [0, 0.05) is 136 Å². The van der Waals surface area contributed by atoms with Crippen molar-refractivity contribution in [3.05, 3.63) is 177 Å². The van der Waals surface area contributed by atoms with E-state index in [1.54, 1.807) is 104 Å². The van der Waals surface area contributed by atoms with Gasteiger partial charge in [0.2, 0.25) is 70.8 Å². The van der Waals surface area contributed by atoms with Gasteiger partial charge < -0.3 is 109 Å². The number of Topliss-reactive ketones (excluding diaryl/α,β-unsaturated/α-hetero) is 5. The van der Waals surface area contributed by atoms with E-state index < -0.39 is 66.7 Å². The summed E-state index contributed by atoms with van der Waals surface area (Å²) in [6.45, 7) is 16.4. The van der Waals surface area contributed by atoms with E-state index in [2.05, 4.69) is 104 Å². The minimum Gasteiger partial charge on any atom is -0.409 e. The molecule has 0 bridgehead atoms. The molecule has 10 atom stereocenters. The second kappa shape index (κ2) is 55.9. The predicted octanol–water partition coefficient (Wildman–Crippen LogP) is 1.69. The fraction of sp³-hybridized carbons (Fsp3) is 0.394. The lowest BCUT2D eigenvalue weighted by Crippen LogP contribution is -2.47. The van der Waals surface area contributed by atoms with Crippen LogP contribution in [0.3, 0.4) is 0 Å². The summed E-state index contributed by atoms with van der Waals surface area (Å²) in [7, 11) is 0. The van der Waals surface area contributed by atoms with Crippen LogP contribution in [0.1, 0.15) is 196 Å². The number of rotatable bonds is 40. The molecule has 754 valence electrons. The lowest BCUT2D eigenvalue weighted by Gasteiger charge is -2.16. The number of carbonyl (C=O) groups is 16. The number of hydrogen-bond donors (Lipinski definition) is 15. The van der Waals surface area contributed by atoms with Crippen LogP contribution in [0, 0.1) is 23.7 Å². The third-order valence-corrected chi connectivity index (χ3v) is 20.9. The first-order valence-electron chi connectivity index (χ1n) is 44.3. The van der Waals surface area contributed by atoms with Crippen molar-refractivity contribution in [1.29, 1.82) is 10.7 Å². The molecule has 0 saturated carbocycles. The van der Waals surface area contributed by atoms with Gasteiger partial charge in [-0.2, -0.15) is 10.2 Å². The number of nitrogens with two attached hydrogens (primary N) is 3. The first-order chi connectivity index (χ1) is 67.4. The predicted molar refractivity (Wildman–Crippen MR) is 511 cm³/mol. The quantitative estimate of drug-likeness (QED) is 0.00855. The summed E-state index contributed by atoms with van der Waals surface area (Å²) in [6, 6.07) is 33.6. The molecule has 142 heavy (non-hydrogen) atoms. The van der Waals surface area contributed by atoms with E-state index >= 15 is 0 Å². The third-order valence-electron chi connectivity index (χ3n) is 20.9. The topological polar surface area (TPSA) is 720 Å². The molecule has 5 aromatic carbocycles. The van der Waals surface area contributed by atoms with Crippen LogP contribution < -0.4 is 70.4 Å². The van der Waals surface area contributed by atoms with E-state index in [0.29, 0.717) is 88.9 Å². The number of nitriles is 1. The average molecular weight is 1960 g/mol. The summed E-state index contributed by atoms with van der Waals surface area (Å²) in [5, 5.41) is 81.0. The number of amidine groups is 3. The largest absolute Gasteiger partial charge is 0.409 e. The number of amides is 10. The lowest BCUT2D eigenvalue weighted by molar-refractivity contribution is -0.141. The fourth-order valence-corrected chi connectivity index (χ4v) is 13.4. The molecule has 5 aliphatic rings. The Kier molecular flexibility index (Phi) is 44.0. The SMILES string of the molecule is CC(=O)NC(CNC(=O)CC1CC(c2ccc(-c3noc(C)n3)cc2)=NO1)C(C)=O.CC(=O)NC(CNC(=O)CC1CC(c2ccc(/C(N)=N/O)cc2)=NO1)C(C)=O.CC(=O)NC(CNC(=O)CC1CC(c2ccc(/C(N)=N/OC(C)=O)cc2)=NO1)C(C)=O.CC(=O)NC(CNC(=O)CC1CC(c2ccc(C#N)cc2)=NO1)C(C)=O.CC(=O)NC(CNC(=O)CC1CC(c2ccc(C(=N)N)cc2)=NO1)C(C)=O. The number of nitrogens with one attached hydrogen (secondary N) is 11. The molecule has 5 aliphatic heterocycles. The molecule has 48 nitrogen and oxygen atoms in total. The van der Waals surface area contributed by atoms with Crippen LogP contribution in [0.2, 0.25) is 0 Å². The Labute approximate surface area is 814 Å². The lowest BCUT2D eigenvalue weighted by atomic mass is 10.0. The second-order valence-electron chi connectivity index (χ2n) is 32.8. The maximum Gasteiger partial charge on any atom is 0.332 e. The highest BCUT2D eigenvalue weighted by molar-refractivity contribution is 6.07. The number of ketones is 5. The number of oxime groups is 7. The molecule has 6 heterocycles. The van der Waals surface area contributed by atoms with Crippen molar-refractivity contribution in [2.75, 3.05) is 32.7 Å². The molecule has 0 saturated heterocycles. The minimum absolute atomic E-state index is 0.00591. The first-order valence-corrected chi connectivity index (χ1v) is 44.3. The van der Waals surface area contributed by atoms with Gasteiger partial charge in [0.15, 0.2) is 40.6 Å². The zero-order valence-electron chi connectivity index (χ0n) is 80.0. The molecule has 48 heteroatoms. The molecule has 6 aromatic rings.